The second-order valence-electron chi connectivity index (χ2n) is 4.64. The molecule has 7 heteroatoms. The summed E-state index contributed by atoms with van der Waals surface area (Å²) in [7, 11) is -0.276. The molecule has 108 valence electrons. The summed E-state index contributed by atoms with van der Waals surface area (Å²) in [4.78, 5) is 0.267. The van der Waals surface area contributed by atoms with Crippen LogP contribution in [0.1, 0.15) is 11.3 Å². The second-order valence-corrected chi connectivity index (χ2v) is 7.09. The molecule has 0 amide bonds. The summed E-state index contributed by atoms with van der Waals surface area (Å²) >= 11 is 6.00. The van der Waals surface area contributed by atoms with Crippen molar-refractivity contribution in [3.63, 3.8) is 0 Å². The van der Waals surface area contributed by atoms with Gasteiger partial charge in [-0.25, -0.2) is 8.42 Å². The van der Waals surface area contributed by atoms with E-state index in [1.165, 1.54) is 17.5 Å². The highest BCUT2D eigenvalue weighted by molar-refractivity contribution is 7.89. The minimum absolute atomic E-state index is 0.172. The molecule has 20 heavy (non-hydrogen) atoms. The predicted molar refractivity (Wildman–Crippen MR) is 78.0 cm³/mol. The molecule has 0 atom stereocenters. The molecule has 0 aliphatic carbocycles. The largest absolute Gasteiger partial charge is 0.270 e. The molecule has 0 spiro atoms. The maximum Gasteiger partial charge on any atom is 0.243 e. The van der Waals surface area contributed by atoms with E-state index in [1.54, 1.807) is 36.0 Å². The third-order valence-electron chi connectivity index (χ3n) is 3.11. The van der Waals surface area contributed by atoms with E-state index in [0.29, 0.717) is 10.7 Å². The Balaban J connectivity index is 2.28. The molecule has 0 bridgehead atoms. The number of nitrogens with zero attached hydrogens (tertiary/aromatic N) is 3. The third kappa shape index (κ3) is 2.87. The van der Waals surface area contributed by atoms with E-state index in [1.807, 2.05) is 6.92 Å². The second kappa shape index (κ2) is 5.55. The zero-order valence-corrected chi connectivity index (χ0v) is 13.1. The maximum absolute atomic E-state index is 12.4. The van der Waals surface area contributed by atoms with Crippen molar-refractivity contribution in [3.8, 4) is 0 Å². The third-order valence-corrected chi connectivity index (χ3v) is 5.25. The first kappa shape index (κ1) is 15.0. The van der Waals surface area contributed by atoms with Crippen molar-refractivity contribution in [1.82, 2.24) is 14.1 Å². The number of aromatic nitrogens is 2. The van der Waals surface area contributed by atoms with Crippen LogP contribution in [-0.4, -0.2) is 29.6 Å². The lowest BCUT2D eigenvalue weighted by molar-refractivity contribution is 0.453. The lowest BCUT2D eigenvalue weighted by atomic mass is 10.2. The molecule has 1 aromatic carbocycles. The van der Waals surface area contributed by atoms with Crippen LogP contribution in [-0.2, 0) is 23.6 Å². The molecule has 0 fully saturated rings. The number of sulfonamides is 1. The van der Waals surface area contributed by atoms with Gasteiger partial charge in [-0.15, -0.1) is 0 Å². The molecule has 1 aromatic heterocycles. The van der Waals surface area contributed by atoms with Crippen molar-refractivity contribution < 1.29 is 8.42 Å². The van der Waals surface area contributed by atoms with E-state index in [9.17, 15) is 8.42 Å². The first-order valence-corrected chi connectivity index (χ1v) is 7.83. The van der Waals surface area contributed by atoms with Crippen LogP contribution in [0.2, 0.25) is 5.02 Å². The molecule has 2 aromatic rings. The van der Waals surface area contributed by atoms with Crippen molar-refractivity contribution in [2.24, 2.45) is 7.05 Å². The standard InChI is InChI=1S/C13H16ClN3O2S/c1-10-4-6-11(7-5-10)20(18,19)16(2)9-13-12(14)8-15-17(13)3/h4-8H,9H2,1-3H3. The van der Waals surface area contributed by atoms with Gasteiger partial charge < -0.3 is 0 Å². The number of hydrogen-bond donors (Lipinski definition) is 0. The van der Waals surface area contributed by atoms with E-state index >= 15 is 0 Å². The Morgan fingerprint density at radius 1 is 1.30 bits per heavy atom. The number of hydrogen-bond acceptors (Lipinski definition) is 3. The van der Waals surface area contributed by atoms with E-state index in [-0.39, 0.29) is 11.4 Å². The van der Waals surface area contributed by atoms with Crippen LogP contribution in [0, 0.1) is 6.92 Å². The van der Waals surface area contributed by atoms with Crippen LogP contribution >= 0.6 is 11.6 Å². The van der Waals surface area contributed by atoms with Crippen LogP contribution in [0.5, 0.6) is 0 Å². The fraction of sp³-hybridized carbons (Fsp3) is 0.308. The summed E-state index contributed by atoms with van der Waals surface area (Å²) in [5.74, 6) is 0. The van der Waals surface area contributed by atoms with Crippen LogP contribution < -0.4 is 0 Å². The minimum atomic E-state index is -3.53. The zero-order chi connectivity index (χ0) is 14.9. The Hall–Kier alpha value is -1.37. The fourth-order valence-electron chi connectivity index (χ4n) is 1.80. The summed E-state index contributed by atoms with van der Waals surface area (Å²) in [6.45, 7) is 2.08. The number of aryl methyl sites for hydroxylation is 2. The Bertz CT molecular complexity index is 688. The minimum Gasteiger partial charge on any atom is -0.270 e. The predicted octanol–water partition coefficient (Wildman–Crippen LogP) is 2.20. The fourth-order valence-corrected chi connectivity index (χ4v) is 3.16. The summed E-state index contributed by atoms with van der Waals surface area (Å²) < 4.78 is 27.7. The number of benzene rings is 1. The molecule has 0 radical (unpaired) electrons. The molecule has 0 unspecified atom stereocenters. The van der Waals surface area contributed by atoms with Crippen molar-refractivity contribution in [3.05, 3.63) is 46.7 Å². The lowest BCUT2D eigenvalue weighted by Crippen LogP contribution is -2.27. The number of halogens is 1. The van der Waals surface area contributed by atoms with E-state index in [2.05, 4.69) is 5.10 Å². The zero-order valence-electron chi connectivity index (χ0n) is 11.5. The Morgan fingerprint density at radius 2 is 1.90 bits per heavy atom. The SMILES string of the molecule is Cc1ccc(S(=O)(=O)N(C)Cc2c(Cl)cnn2C)cc1. The first-order chi connectivity index (χ1) is 9.32. The van der Waals surface area contributed by atoms with Gasteiger partial charge in [0.25, 0.3) is 0 Å². The van der Waals surface area contributed by atoms with Gasteiger partial charge in [0.05, 0.1) is 28.4 Å². The summed E-state index contributed by atoms with van der Waals surface area (Å²) in [5, 5.41) is 4.46. The lowest BCUT2D eigenvalue weighted by Gasteiger charge is -2.17. The normalized spacial score (nSPS) is 12.1. The molecule has 0 saturated heterocycles. The van der Waals surface area contributed by atoms with Gasteiger partial charge in [0.1, 0.15) is 0 Å². The van der Waals surface area contributed by atoms with E-state index in [0.717, 1.165) is 5.56 Å². The first-order valence-electron chi connectivity index (χ1n) is 6.02. The van der Waals surface area contributed by atoms with Crippen molar-refractivity contribution >= 4 is 21.6 Å². The van der Waals surface area contributed by atoms with Gasteiger partial charge in [0, 0.05) is 14.1 Å². The molecule has 0 aliphatic heterocycles. The van der Waals surface area contributed by atoms with Gasteiger partial charge in [0.2, 0.25) is 10.0 Å². The maximum atomic E-state index is 12.4. The van der Waals surface area contributed by atoms with Crippen molar-refractivity contribution in [2.75, 3.05) is 7.05 Å². The average Bonchev–Trinajstić information content (AvgIpc) is 2.71. The summed E-state index contributed by atoms with van der Waals surface area (Å²) in [6.07, 6.45) is 1.50. The molecule has 0 N–H and O–H groups in total. The van der Waals surface area contributed by atoms with Crippen LogP contribution in [0.25, 0.3) is 0 Å². The van der Waals surface area contributed by atoms with E-state index in [4.69, 9.17) is 11.6 Å². The molecule has 0 saturated carbocycles. The van der Waals surface area contributed by atoms with E-state index < -0.39 is 10.0 Å². The van der Waals surface area contributed by atoms with Gasteiger partial charge in [-0.05, 0) is 19.1 Å². The van der Waals surface area contributed by atoms with Crippen LogP contribution in [0.3, 0.4) is 0 Å². The van der Waals surface area contributed by atoms with Crippen molar-refractivity contribution in [1.29, 1.82) is 0 Å². The smallest absolute Gasteiger partial charge is 0.243 e. The molecule has 1 heterocycles. The quantitative estimate of drug-likeness (QED) is 0.869. The molecular formula is C13H16ClN3O2S. The van der Waals surface area contributed by atoms with Gasteiger partial charge >= 0.3 is 0 Å². The van der Waals surface area contributed by atoms with Gasteiger partial charge in [0.15, 0.2) is 0 Å². The monoisotopic (exact) mass is 313 g/mol. The van der Waals surface area contributed by atoms with Gasteiger partial charge in [-0.2, -0.15) is 9.40 Å². The van der Waals surface area contributed by atoms with Gasteiger partial charge in [-0.1, -0.05) is 29.3 Å². The highest BCUT2D eigenvalue weighted by Gasteiger charge is 2.22. The Labute approximate surface area is 123 Å². The average molecular weight is 314 g/mol. The topological polar surface area (TPSA) is 55.2 Å². The summed E-state index contributed by atoms with van der Waals surface area (Å²) in [6, 6.07) is 6.76. The Morgan fingerprint density at radius 3 is 2.40 bits per heavy atom. The van der Waals surface area contributed by atoms with Gasteiger partial charge in [-0.3, -0.25) is 4.68 Å². The molecule has 5 nitrogen and oxygen atoms in total. The highest BCUT2D eigenvalue weighted by atomic mass is 35.5. The van der Waals surface area contributed by atoms with Crippen LogP contribution in [0.4, 0.5) is 0 Å². The number of rotatable bonds is 4. The van der Waals surface area contributed by atoms with Crippen molar-refractivity contribution in [2.45, 2.75) is 18.4 Å². The highest BCUT2D eigenvalue weighted by Crippen LogP contribution is 2.20. The Kier molecular flexibility index (Phi) is 4.17. The van der Waals surface area contributed by atoms with Crippen LogP contribution in [0.15, 0.2) is 35.4 Å². The molecule has 0 aliphatic rings. The summed E-state index contributed by atoms with van der Waals surface area (Å²) in [5.41, 5.74) is 1.67. The molecular weight excluding hydrogens is 298 g/mol. The molecule has 2 rings (SSSR count).